The highest BCUT2D eigenvalue weighted by Gasteiger charge is 2.30. The highest BCUT2D eigenvalue weighted by Crippen LogP contribution is 2.28. The van der Waals surface area contributed by atoms with Crippen molar-refractivity contribution in [2.24, 2.45) is 5.73 Å². The predicted molar refractivity (Wildman–Crippen MR) is 67.5 cm³/mol. The molecule has 0 fully saturated rings. The van der Waals surface area contributed by atoms with Crippen LogP contribution in [0, 0.1) is 5.82 Å². The summed E-state index contributed by atoms with van der Waals surface area (Å²) in [5, 5.41) is 0. The second-order valence-corrected chi connectivity index (χ2v) is 4.12. The summed E-state index contributed by atoms with van der Waals surface area (Å²) in [5.41, 5.74) is 5.96. The summed E-state index contributed by atoms with van der Waals surface area (Å²) in [7, 11) is 0. The average molecular weight is 301 g/mol. The van der Waals surface area contributed by atoms with E-state index in [-0.39, 0.29) is 23.8 Å². The molecule has 0 saturated carbocycles. The van der Waals surface area contributed by atoms with E-state index in [1.54, 1.807) is 6.07 Å². The lowest BCUT2D eigenvalue weighted by Crippen LogP contribution is -2.16. The van der Waals surface area contributed by atoms with Crippen molar-refractivity contribution in [3.63, 3.8) is 0 Å². The van der Waals surface area contributed by atoms with Gasteiger partial charge in [-0.05, 0) is 42.0 Å². The third kappa shape index (κ3) is 4.64. The highest BCUT2D eigenvalue weighted by atomic mass is 19.4. The molecule has 0 aromatic heterocycles. The molecule has 0 aliphatic rings. The van der Waals surface area contributed by atoms with E-state index >= 15 is 0 Å². The van der Waals surface area contributed by atoms with Crippen molar-refractivity contribution in [2.45, 2.75) is 12.9 Å². The van der Waals surface area contributed by atoms with E-state index in [1.165, 1.54) is 18.2 Å². The van der Waals surface area contributed by atoms with Crippen molar-refractivity contribution in [3.8, 4) is 17.2 Å². The minimum atomic E-state index is -4.75. The molecule has 0 aliphatic heterocycles. The number of halogens is 4. The molecule has 0 amide bonds. The van der Waals surface area contributed by atoms with Crippen LogP contribution in [0.4, 0.5) is 17.6 Å². The maximum absolute atomic E-state index is 13.3. The van der Waals surface area contributed by atoms with Crippen LogP contribution in [0.3, 0.4) is 0 Å². The Hall–Kier alpha value is -2.28. The van der Waals surface area contributed by atoms with Crippen molar-refractivity contribution < 1.29 is 27.0 Å². The van der Waals surface area contributed by atoms with Crippen LogP contribution < -0.4 is 15.2 Å². The van der Waals surface area contributed by atoms with E-state index in [0.717, 1.165) is 18.2 Å². The number of hydrogen-bond donors (Lipinski definition) is 1. The predicted octanol–water partition coefficient (Wildman–Crippen LogP) is 3.98. The van der Waals surface area contributed by atoms with Crippen molar-refractivity contribution >= 4 is 0 Å². The molecule has 0 heterocycles. The molecular formula is C14H11F4NO2. The molecule has 0 spiro atoms. The number of rotatable bonds is 4. The van der Waals surface area contributed by atoms with Gasteiger partial charge in [-0.2, -0.15) is 0 Å². The second-order valence-electron chi connectivity index (χ2n) is 4.12. The highest BCUT2D eigenvalue weighted by molar-refractivity contribution is 5.37. The minimum Gasteiger partial charge on any atom is -0.457 e. The van der Waals surface area contributed by atoms with E-state index in [9.17, 15) is 17.6 Å². The Morgan fingerprint density at radius 1 is 0.905 bits per heavy atom. The maximum atomic E-state index is 13.3. The van der Waals surface area contributed by atoms with Crippen molar-refractivity contribution in [1.82, 2.24) is 0 Å². The molecule has 0 radical (unpaired) electrons. The van der Waals surface area contributed by atoms with E-state index in [1.807, 2.05) is 0 Å². The molecule has 21 heavy (non-hydrogen) atoms. The Labute approximate surface area is 117 Å². The lowest BCUT2D eigenvalue weighted by molar-refractivity contribution is -0.274. The minimum absolute atomic E-state index is 0.145. The molecule has 2 aromatic carbocycles. The molecule has 7 heteroatoms. The maximum Gasteiger partial charge on any atom is 0.573 e. The zero-order valence-corrected chi connectivity index (χ0v) is 10.7. The van der Waals surface area contributed by atoms with Gasteiger partial charge in [0, 0.05) is 12.6 Å². The van der Waals surface area contributed by atoms with Gasteiger partial charge in [0.05, 0.1) is 0 Å². The number of nitrogens with two attached hydrogens (primary N) is 1. The van der Waals surface area contributed by atoms with Gasteiger partial charge in [0.1, 0.15) is 23.1 Å². The number of hydrogen-bond acceptors (Lipinski definition) is 3. The SMILES string of the molecule is NCc1cc(F)cc(Oc2ccc(OC(F)(F)F)cc2)c1. The summed E-state index contributed by atoms with van der Waals surface area (Å²) in [5.74, 6) is -0.417. The summed E-state index contributed by atoms with van der Waals surface area (Å²) < 4.78 is 58.4. The molecule has 2 aromatic rings. The van der Waals surface area contributed by atoms with E-state index in [2.05, 4.69) is 4.74 Å². The first-order chi connectivity index (χ1) is 9.85. The summed E-state index contributed by atoms with van der Waals surface area (Å²) >= 11 is 0. The standard InChI is InChI=1S/C14H11F4NO2/c15-10-5-9(8-19)6-13(7-10)20-11-1-3-12(4-2-11)21-14(16,17)18/h1-7H,8,19H2. The fourth-order valence-corrected chi connectivity index (χ4v) is 1.64. The lowest BCUT2D eigenvalue weighted by atomic mass is 10.2. The number of ether oxygens (including phenoxy) is 2. The van der Waals surface area contributed by atoms with Crippen molar-refractivity contribution in [3.05, 3.63) is 53.8 Å². The monoisotopic (exact) mass is 301 g/mol. The fraction of sp³-hybridized carbons (Fsp3) is 0.143. The first-order valence-electron chi connectivity index (χ1n) is 5.89. The van der Waals surface area contributed by atoms with Gasteiger partial charge in [-0.25, -0.2) is 4.39 Å². The molecule has 0 unspecified atom stereocenters. The fourth-order valence-electron chi connectivity index (χ4n) is 1.64. The second kappa shape index (κ2) is 6.01. The van der Waals surface area contributed by atoms with Gasteiger partial charge in [-0.1, -0.05) is 0 Å². The van der Waals surface area contributed by atoms with Crippen LogP contribution in [-0.2, 0) is 6.54 Å². The normalized spacial score (nSPS) is 11.3. The van der Waals surface area contributed by atoms with Gasteiger partial charge in [0.15, 0.2) is 0 Å². The Balaban J connectivity index is 2.11. The van der Waals surface area contributed by atoms with Gasteiger partial charge in [0.25, 0.3) is 0 Å². The first-order valence-corrected chi connectivity index (χ1v) is 5.89. The van der Waals surface area contributed by atoms with Gasteiger partial charge < -0.3 is 15.2 Å². The van der Waals surface area contributed by atoms with Crippen LogP contribution in [0.1, 0.15) is 5.56 Å². The molecule has 3 nitrogen and oxygen atoms in total. The van der Waals surface area contributed by atoms with E-state index < -0.39 is 12.2 Å². The Bertz CT molecular complexity index is 611. The summed E-state index contributed by atoms with van der Waals surface area (Å²) in [6.45, 7) is 0.145. The van der Waals surface area contributed by atoms with Crippen LogP contribution in [0.2, 0.25) is 0 Å². The third-order valence-corrected chi connectivity index (χ3v) is 2.46. The van der Waals surface area contributed by atoms with Crippen LogP contribution in [0.25, 0.3) is 0 Å². The van der Waals surface area contributed by atoms with Gasteiger partial charge in [-0.3, -0.25) is 0 Å². The summed E-state index contributed by atoms with van der Waals surface area (Å²) in [4.78, 5) is 0. The van der Waals surface area contributed by atoms with E-state index in [4.69, 9.17) is 10.5 Å². The Kier molecular flexibility index (Phi) is 4.32. The zero-order chi connectivity index (χ0) is 15.5. The largest absolute Gasteiger partial charge is 0.573 e. The number of alkyl halides is 3. The summed E-state index contributed by atoms with van der Waals surface area (Å²) in [6, 6.07) is 8.75. The topological polar surface area (TPSA) is 44.5 Å². The molecule has 0 saturated heterocycles. The van der Waals surface area contributed by atoms with Gasteiger partial charge >= 0.3 is 6.36 Å². The Morgan fingerprint density at radius 2 is 1.52 bits per heavy atom. The molecule has 2 N–H and O–H groups in total. The zero-order valence-electron chi connectivity index (χ0n) is 10.7. The molecule has 2 rings (SSSR count). The van der Waals surface area contributed by atoms with Crippen LogP contribution in [0.15, 0.2) is 42.5 Å². The van der Waals surface area contributed by atoms with Crippen molar-refractivity contribution in [2.75, 3.05) is 0 Å². The van der Waals surface area contributed by atoms with Crippen LogP contribution >= 0.6 is 0 Å². The molecular weight excluding hydrogens is 290 g/mol. The van der Waals surface area contributed by atoms with Gasteiger partial charge in [0.2, 0.25) is 0 Å². The third-order valence-electron chi connectivity index (χ3n) is 2.46. The van der Waals surface area contributed by atoms with Gasteiger partial charge in [-0.15, -0.1) is 13.2 Å². The molecule has 0 atom stereocenters. The molecule has 112 valence electrons. The Morgan fingerprint density at radius 3 is 2.10 bits per heavy atom. The van der Waals surface area contributed by atoms with Crippen LogP contribution in [0.5, 0.6) is 17.2 Å². The average Bonchev–Trinajstić information content (AvgIpc) is 2.38. The lowest BCUT2D eigenvalue weighted by Gasteiger charge is -2.10. The van der Waals surface area contributed by atoms with E-state index in [0.29, 0.717) is 5.56 Å². The molecule has 0 bridgehead atoms. The molecule has 0 aliphatic carbocycles. The first kappa shape index (κ1) is 15.1. The summed E-state index contributed by atoms with van der Waals surface area (Å²) in [6.07, 6.45) is -4.75. The smallest absolute Gasteiger partial charge is 0.457 e. The number of benzene rings is 2. The quantitative estimate of drug-likeness (QED) is 0.869. The van der Waals surface area contributed by atoms with Crippen molar-refractivity contribution in [1.29, 1.82) is 0 Å². The van der Waals surface area contributed by atoms with Crippen LogP contribution in [-0.4, -0.2) is 6.36 Å².